The first kappa shape index (κ1) is 22.3. The van der Waals surface area contributed by atoms with E-state index in [2.05, 4.69) is 4.74 Å². The lowest BCUT2D eigenvalue weighted by Crippen LogP contribution is -2.60. The number of aliphatic carboxylic acids is 1. The van der Waals surface area contributed by atoms with Gasteiger partial charge in [0.15, 0.2) is 6.29 Å². The highest BCUT2D eigenvalue weighted by Gasteiger charge is 2.46. The maximum Gasteiger partial charge on any atom is 0.337 e. The van der Waals surface area contributed by atoms with Crippen molar-refractivity contribution >= 4 is 11.9 Å². The number of carboxylic acid groups (broad SMARTS) is 1. The summed E-state index contributed by atoms with van der Waals surface area (Å²) in [6.07, 6.45) is -6.72. The SMILES string of the molecule is C/C=C1/C(O[C@@H]2O[C@H](CO)[C@@H](O)[C@H](O)[C@H]2O)OC=C(C(=O)OC)[C@H]1CC(=O)O. The Bertz CT molecular complexity index is 641. The summed E-state index contributed by atoms with van der Waals surface area (Å²) in [6, 6.07) is 0. The van der Waals surface area contributed by atoms with Gasteiger partial charge in [0.2, 0.25) is 6.29 Å². The van der Waals surface area contributed by atoms with Gasteiger partial charge in [-0.25, -0.2) is 4.79 Å². The van der Waals surface area contributed by atoms with Crippen LogP contribution in [0.5, 0.6) is 0 Å². The van der Waals surface area contributed by atoms with Crippen molar-refractivity contribution in [1.82, 2.24) is 0 Å². The molecule has 0 aromatic carbocycles. The van der Waals surface area contributed by atoms with Gasteiger partial charge in [0.25, 0.3) is 0 Å². The molecule has 0 radical (unpaired) electrons. The van der Waals surface area contributed by atoms with Crippen LogP contribution < -0.4 is 0 Å². The van der Waals surface area contributed by atoms with Gasteiger partial charge in [-0.15, -0.1) is 0 Å². The van der Waals surface area contributed by atoms with Crippen LogP contribution in [0.3, 0.4) is 0 Å². The van der Waals surface area contributed by atoms with Crippen LogP contribution in [0.15, 0.2) is 23.5 Å². The predicted molar refractivity (Wildman–Crippen MR) is 89.3 cm³/mol. The number of aliphatic hydroxyl groups is 4. The number of carbonyl (C=O) groups is 2. The fourth-order valence-corrected chi connectivity index (χ4v) is 3.10. The standard InChI is InChI=1S/C17H24O11/c1-3-7-8(4-11(19)20)9(15(24)25-2)6-26-16(7)28-17-14(23)13(22)12(21)10(5-18)27-17/h3,6,8,10,12-14,16-18,21-23H,4-5H2,1-2H3,(H,19,20)/b7-3+/t8-,10+,12+,13-,14+,16?,17-/m0/s1. The number of aliphatic hydroxyl groups excluding tert-OH is 4. The highest BCUT2D eigenvalue weighted by molar-refractivity contribution is 5.90. The summed E-state index contributed by atoms with van der Waals surface area (Å²) < 4.78 is 20.8. The van der Waals surface area contributed by atoms with E-state index in [1.807, 2.05) is 0 Å². The molecule has 2 aliphatic heterocycles. The zero-order valence-electron chi connectivity index (χ0n) is 15.3. The highest BCUT2D eigenvalue weighted by Crippen LogP contribution is 2.35. The summed E-state index contributed by atoms with van der Waals surface area (Å²) in [5.74, 6) is -2.86. The number of hydrogen-bond donors (Lipinski definition) is 5. The van der Waals surface area contributed by atoms with Gasteiger partial charge in [0.05, 0.1) is 32.0 Å². The zero-order chi connectivity index (χ0) is 21.0. The molecule has 0 aromatic rings. The van der Waals surface area contributed by atoms with E-state index in [0.717, 1.165) is 13.4 Å². The molecule has 11 nitrogen and oxygen atoms in total. The smallest absolute Gasteiger partial charge is 0.337 e. The van der Waals surface area contributed by atoms with Crippen LogP contribution in [0, 0.1) is 5.92 Å². The molecule has 0 amide bonds. The van der Waals surface area contributed by atoms with Crippen LogP contribution in [-0.2, 0) is 28.5 Å². The minimum Gasteiger partial charge on any atom is -0.481 e. The Morgan fingerprint density at radius 2 is 1.89 bits per heavy atom. The summed E-state index contributed by atoms with van der Waals surface area (Å²) in [5.41, 5.74) is 0.244. The molecule has 2 aliphatic rings. The number of hydrogen-bond acceptors (Lipinski definition) is 10. The Kier molecular flexibility index (Phi) is 7.52. The number of carbonyl (C=O) groups excluding carboxylic acids is 1. The topological polar surface area (TPSA) is 172 Å². The number of esters is 1. The average molecular weight is 404 g/mol. The van der Waals surface area contributed by atoms with Gasteiger partial charge in [0.1, 0.15) is 24.4 Å². The largest absolute Gasteiger partial charge is 0.481 e. The number of carboxylic acids is 1. The summed E-state index contributed by atoms with van der Waals surface area (Å²) in [5, 5.41) is 48.2. The van der Waals surface area contributed by atoms with Gasteiger partial charge in [-0.1, -0.05) is 6.08 Å². The molecule has 28 heavy (non-hydrogen) atoms. The molecule has 158 valence electrons. The third-order valence-corrected chi connectivity index (χ3v) is 4.61. The Balaban J connectivity index is 2.26. The molecular formula is C17H24O11. The quantitative estimate of drug-likeness (QED) is 0.251. The molecule has 0 aliphatic carbocycles. The monoisotopic (exact) mass is 404 g/mol. The van der Waals surface area contributed by atoms with Gasteiger partial charge in [0, 0.05) is 11.5 Å². The third-order valence-electron chi connectivity index (χ3n) is 4.61. The number of allylic oxidation sites excluding steroid dienone is 1. The Hall–Kier alpha value is -2.02. The van der Waals surface area contributed by atoms with Gasteiger partial charge in [-0.2, -0.15) is 0 Å². The zero-order valence-corrected chi connectivity index (χ0v) is 15.3. The first-order chi connectivity index (χ1) is 13.2. The van der Waals surface area contributed by atoms with Crippen molar-refractivity contribution in [1.29, 1.82) is 0 Å². The van der Waals surface area contributed by atoms with Crippen LogP contribution in [0.2, 0.25) is 0 Å². The molecule has 1 fully saturated rings. The van der Waals surface area contributed by atoms with E-state index in [0.29, 0.717) is 0 Å². The van der Waals surface area contributed by atoms with Crippen molar-refractivity contribution < 1.29 is 54.1 Å². The molecule has 7 atom stereocenters. The molecule has 0 saturated carbocycles. The molecule has 2 heterocycles. The first-order valence-corrected chi connectivity index (χ1v) is 8.52. The van der Waals surface area contributed by atoms with E-state index in [1.54, 1.807) is 6.92 Å². The molecule has 5 N–H and O–H groups in total. The van der Waals surface area contributed by atoms with E-state index < -0.39 is 67.9 Å². The number of rotatable bonds is 6. The second-order valence-corrected chi connectivity index (χ2v) is 6.31. The maximum absolute atomic E-state index is 11.9. The van der Waals surface area contributed by atoms with Crippen molar-refractivity contribution in [3.05, 3.63) is 23.5 Å². The normalized spacial score (nSPS) is 37.1. The van der Waals surface area contributed by atoms with E-state index in [1.165, 1.54) is 6.08 Å². The minimum atomic E-state index is -1.66. The van der Waals surface area contributed by atoms with Crippen molar-refractivity contribution in [2.75, 3.05) is 13.7 Å². The summed E-state index contributed by atoms with van der Waals surface area (Å²) >= 11 is 0. The number of ether oxygens (including phenoxy) is 4. The van der Waals surface area contributed by atoms with Crippen molar-refractivity contribution in [2.45, 2.75) is 50.3 Å². The highest BCUT2D eigenvalue weighted by atomic mass is 16.8. The molecule has 11 heteroatoms. The van der Waals surface area contributed by atoms with Crippen molar-refractivity contribution in [3.8, 4) is 0 Å². The fraction of sp³-hybridized carbons (Fsp3) is 0.647. The molecule has 0 aromatic heterocycles. The second-order valence-electron chi connectivity index (χ2n) is 6.31. The van der Waals surface area contributed by atoms with Crippen LogP contribution in [0.25, 0.3) is 0 Å². The molecule has 2 rings (SSSR count). The Morgan fingerprint density at radius 1 is 1.21 bits per heavy atom. The molecular weight excluding hydrogens is 380 g/mol. The van der Waals surface area contributed by atoms with Crippen molar-refractivity contribution in [3.63, 3.8) is 0 Å². The van der Waals surface area contributed by atoms with Gasteiger partial charge in [-0.3, -0.25) is 4.79 Å². The van der Waals surface area contributed by atoms with Crippen LogP contribution in [0.4, 0.5) is 0 Å². The predicted octanol–water partition coefficient (Wildman–Crippen LogP) is -1.75. The molecule has 0 bridgehead atoms. The molecule has 1 saturated heterocycles. The van der Waals surface area contributed by atoms with Gasteiger partial charge < -0.3 is 44.5 Å². The minimum absolute atomic E-state index is 0.0216. The van der Waals surface area contributed by atoms with Crippen LogP contribution in [0.1, 0.15) is 13.3 Å². The first-order valence-electron chi connectivity index (χ1n) is 8.52. The van der Waals surface area contributed by atoms with Gasteiger partial charge in [-0.05, 0) is 6.92 Å². The summed E-state index contributed by atoms with van der Waals surface area (Å²) in [7, 11) is 1.15. The van der Waals surface area contributed by atoms with Crippen LogP contribution in [-0.4, -0.2) is 88.2 Å². The summed E-state index contributed by atoms with van der Waals surface area (Å²) in [6.45, 7) is 0.943. The molecule has 1 unspecified atom stereocenters. The van der Waals surface area contributed by atoms with Crippen LogP contribution >= 0.6 is 0 Å². The van der Waals surface area contributed by atoms with E-state index in [-0.39, 0.29) is 11.1 Å². The molecule has 0 spiro atoms. The van der Waals surface area contributed by atoms with E-state index in [9.17, 15) is 35.1 Å². The maximum atomic E-state index is 11.9. The third kappa shape index (κ3) is 4.51. The summed E-state index contributed by atoms with van der Waals surface area (Å²) in [4.78, 5) is 23.2. The Morgan fingerprint density at radius 3 is 2.43 bits per heavy atom. The number of methoxy groups -OCH3 is 1. The van der Waals surface area contributed by atoms with Gasteiger partial charge >= 0.3 is 11.9 Å². The lowest BCUT2D eigenvalue weighted by molar-refractivity contribution is -0.327. The van der Waals surface area contributed by atoms with Crippen molar-refractivity contribution in [2.24, 2.45) is 5.92 Å². The van der Waals surface area contributed by atoms with E-state index >= 15 is 0 Å². The average Bonchev–Trinajstić information content (AvgIpc) is 2.67. The second kappa shape index (κ2) is 9.45. The lowest BCUT2D eigenvalue weighted by atomic mass is 9.86. The fourth-order valence-electron chi connectivity index (χ4n) is 3.10. The Labute approximate surface area is 160 Å². The lowest BCUT2D eigenvalue weighted by Gasteiger charge is -2.41. The van der Waals surface area contributed by atoms with E-state index in [4.69, 9.17) is 14.2 Å².